The van der Waals surface area contributed by atoms with Gasteiger partial charge in [0.05, 0.1) is 80.8 Å². The van der Waals surface area contributed by atoms with Crippen molar-refractivity contribution >= 4 is 160 Å². The fraction of sp³-hybridized carbons (Fsp3) is 0. The van der Waals surface area contributed by atoms with Gasteiger partial charge in [-0.05, 0) is 189 Å². The van der Waals surface area contributed by atoms with Crippen LogP contribution in [-0.4, -0.2) is 43.6 Å². The smallest absolute Gasteiger partial charge is 0.160 e. The third-order valence-electron chi connectivity index (χ3n) is 28.8. The Morgan fingerprint density at radius 1 is 0.153 bits per heavy atom. The lowest BCUT2D eigenvalue weighted by Gasteiger charge is -2.13. The van der Waals surface area contributed by atoms with Crippen molar-refractivity contribution in [1.29, 1.82) is 0 Å². The number of hydrogen-bond donors (Lipinski definition) is 0. The van der Waals surface area contributed by atoms with E-state index in [-0.39, 0.29) is 0 Å². The third kappa shape index (κ3) is 15.9. The van der Waals surface area contributed by atoms with Crippen LogP contribution in [0.25, 0.3) is 278 Å². The van der Waals surface area contributed by atoms with Crippen LogP contribution in [-0.2, 0) is 0 Å². The van der Waals surface area contributed by atoms with Gasteiger partial charge in [0, 0.05) is 119 Å². The van der Waals surface area contributed by atoms with Crippen LogP contribution in [0.4, 0.5) is 0 Å². The molecule has 0 aliphatic carbocycles. The lowest BCUT2D eigenvalue weighted by Crippen LogP contribution is -1.96. The van der Waals surface area contributed by atoms with E-state index in [4.69, 9.17) is 29.9 Å². The van der Waals surface area contributed by atoms with E-state index >= 15 is 0 Å². The molecule has 0 aliphatic heterocycles. The molecule has 0 spiro atoms. The number of benzene rings is 21. The van der Waals surface area contributed by atoms with Gasteiger partial charge in [0.15, 0.2) is 17.5 Å². The highest BCUT2D eigenvalue weighted by Crippen LogP contribution is 2.49. The molecule has 150 heavy (non-hydrogen) atoms. The molecule has 0 fully saturated rings. The number of hydrogen-bond acceptors (Lipinski definition) is 9. The molecule has 30 rings (SSSR count). The Kier molecular flexibility index (Phi) is 22.3. The molecule has 0 radical (unpaired) electrons. The van der Waals surface area contributed by atoms with Gasteiger partial charge in [-0.15, -0.1) is 34.0 Å². The predicted octanol–water partition coefficient (Wildman–Crippen LogP) is 37.8. The van der Waals surface area contributed by atoms with Crippen molar-refractivity contribution in [1.82, 2.24) is 43.6 Å². The minimum absolute atomic E-state index is 0.727. The fourth-order valence-corrected chi connectivity index (χ4v) is 25.3. The van der Waals surface area contributed by atoms with Gasteiger partial charge >= 0.3 is 0 Å². The second-order valence-electron chi connectivity index (χ2n) is 37.8. The van der Waals surface area contributed by atoms with Gasteiger partial charge in [-0.25, -0.2) is 29.9 Å². The Hall–Kier alpha value is -19.1. The maximum Gasteiger partial charge on any atom is 0.160 e. The summed E-state index contributed by atoms with van der Waals surface area (Å²) in [5.41, 5.74) is 36.8. The molecule has 0 N–H and O–H groups in total. The predicted molar refractivity (Wildman–Crippen MR) is 633 cm³/mol. The summed E-state index contributed by atoms with van der Waals surface area (Å²) in [7, 11) is 0. The SMILES string of the molecule is c1ccc(-c2ccc3c(c2)c2c(-c4cccc(-c5nc(-c6ccccc6)c6sc7ccccc7c6n5)c4)cccc2n3-c2ccccc2)cc1.c1ccc(-c2ccc3c(c2)c2cc(-c4cccc(-c5nc(-c6ccccc6)c6sc7ccccc7c6n5)c4)ccc2n3-c2ccccc2)cc1.c1ccc(-c2ccc3c(c2)c2cccc(-c4cccc(-c5nc(-c6ccccc6)c6sc7ccccc7c6n5)c4)c2n3-c2ccccc2)cc1. The van der Waals surface area contributed by atoms with E-state index < -0.39 is 0 Å². The Labute approximate surface area is 876 Å². The molecular formula is C138H87N9S3. The van der Waals surface area contributed by atoms with Crippen molar-refractivity contribution in [3.8, 4) is 152 Å². The first-order valence-corrected chi connectivity index (χ1v) is 53.0. The van der Waals surface area contributed by atoms with E-state index in [2.05, 4.69) is 535 Å². The average molecular weight is 1970 g/mol. The molecule has 9 heterocycles. The highest BCUT2D eigenvalue weighted by atomic mass is 32.1. The number of aromatic nitrogens is 9. The summed E-state index contributed by atoms with van der Waals surface area (Å²) >= 11 is 5.29. The van der Waals surface area contributed by atoms with Gasteiger partial charge in [0.1, 0.15) is 0 Å². The average Bonchev–Trinajstić information content (AvgIpc) is 1.57. The monoisotopic (exact) mass is 1970 g/mol. The number of para-hydroxylation sites is 4. The standard InChI is InChI=1S/3C46H29N3S/c1-4-14-30(15-5-1)32-26-27-40-39(29-32)37-24-13-23-36(44(37)49(40)35-20-8-3-9-21-35)33-18-12-19-34(28-33)46-47-42(31-16-6-2-7-17-31)45-43(48-46)38-22-10-11-25-41(38)50-45;1-4-14-30(15-5-1)32-26-27-39-38(29-32)42-36(23-13-24-40(42)49(39)35-20-8-3-9-21-35)33-18-12-19-34(28-33)46-47-43(31-16-6-2-7-17-31)45-44(48-46)37-22-10-11-25-41(37)50-45;1-4-13-30(14-5-1)33-23-25-40-38(28-33)39-29-34(24-26-41(39)49(40)36-19-8-3-9-20-36)32-17-12-18-35(27-32)46-47-43(31-15-6-2-7-16-31)45-44(48-46)37-21-10-11-22-42(37)50-45/h3*1-29H. The molecule has 0 unspecified atom stereocenters. The molecule has 21 aromatic carbocycles. The Bertz CT molecular complexity index is 10400. The van der Waals surface area contributed by atoms with E-state index in [0.717, 1.165) is 154 Å². The number of rotatable bonds is 15. The topological polar surface area (TPSA) is 92.1 Å². The zero-order valence-electron chi connectivity index (χ0n) is 81.0. The van der Waals surface area contributed by atoms with Crippen LogP contribution < -0.4 is 0 Å². The van der Waals surface area contributed by atoms with Gasteiger partial charge in [-0.2, -0.15) is 0 Å². The van der Waals surface area contributed by atoms with Crippen molar-refractivity contribution in [3.05, 3.63) is 528 Å². The molecule has 0 saturated heterocycles. The largest absolute Gasteiger partial charge is 0.309 e. The van der Waals surface area contributed by atoms with E-state index in [1.807, 2.05) is 6.07 Å². The van der Waals surface area contributed by atoms with E-state index in [0.29, 0.717) is 0 Å². The van der Waals surface area contributed by atoms with Crippen LogP contribution in [0.5, 0.6) is 0 Å². The van der Waals surface area contributed by atoms with Gasteiger partial charge in [0.25, 0.3) is 0 Å². The summed E-state index contributed by atoms with van der Waals surface area (Å²) in [6.07, 6.45) is 0. The molecule has 0 bridgehead atoms. The first-order valence-electron chi connectivity index (χ1n) is 50.5. The van der Waals surface area contributed by atoms with Gasteiger partial charge in [-0.1, -0.05) is 400 Å². The van der Waals surface area contributed by atoms with E-state index in [1.54, 1.807) is 34.0 Å². The fourth-order valence-electron chi connectivity index (χ4n) is 21.8. The molecule has 9 aromatic heterocycles. The zero-order valence-corrected chi connectivity index (χ0v) is 83.4. The van der Waals surface area contributed by atoms with Crippen LogP contribution in [0.1, 0.15) is 0 Å². The highest BCUT2D eigenvalue weighted by molar-refractivity contribution is 7.27. The zero-order chi connectivity index (χ0) is 99.1. The Balaban J connectivity index is 0.000000108. The first kappa shape index (κ1) is 88.6. The maximum absolute atomic E-state index is 5.27. The van der Waals surface area contributed by atoms with Crippen LogP contribution in [0.3, 0.4) is 0 Å². The molecular weight excluding hydrogens is 1880 g/mol. The summed E-state index contributed by atoms with van der Waals surface area (Å²) in [5, 5.41) is 10.8. The molecule has 702 valence electrons. The second kappa shape index (κ2) is 37.8. The molecule has 12 heteroatoms. The minimum Gasteiger partial charge on any atom is -0.309 e. The van der Waals surface area contributed by atoms with E-state index in [1.165, 1.54) is 124 Å². The van der Waals surface area contributed by atoms with Gasteiger partial charge in [0.2, 0.25) is 0 Å². The van der Waals surface area contributed by atoms with Crippen molar-refractivity contribution in [2.75, 3.05) is 0 Å². The summed E-state index contributed by atoms with van der Waals surface area (Å²) in [5.74, 6) is 2.19. The summed E-state index contributed by atoms with van der Waals surface area (Å²) in [6.45, 7) is 0. The van der Waals surface area contributed by atoms with Crippen molar-refractivity contribution in [2.24, 2.45) is 0 Å². The van der Waals surface area contributed by atoms with Gasteiger partial charge in [-0.3, -0.25) is 0 Å². The Morgan fingerprint density at radius 2 is 0.413 bits per heavy atom. The summed E-state index contributed by atoms with van der Waals surface area (Å²) in [4.78, 5) is 31.5. The normalized spacial score (nSPS) is 11.6. The molecule has 0 atom stereocenters. The molecule has 30 aromatic rings. The first-order chi connectivity index (χ1) is 74.4. The summed E-state index contributed by atoms with van der Waals surface area (Å²) < 4.78 is 14.2. The lowest BCUT2D eigenvalue weighted by molar-refractivity contribution is 1.18. The molecule has 0 amide bonds. The van der Waals surface area contributed by atoms with Crippen LogP contribution >= 0.6 is 34.0 Å². The van der Waals surface area contributed by atoms with Crippen molar-refractivity contribution in [2.45, 2.75) is 0 Å². The van der Waals surface area contributed by atoms with Crippen molar-refractivity contribution < 1.29 is 0 Å². The molecule has 9 nitrogen and oxygen atoms in total. The van der Waals surface area contributed by atoms with Gasteiger partial charge < -0.3 is 13.7 Å². The lowest BCUT2D eigenvalue weighted by atomic mass is 9.96. The third-order valence-corrected chi connectivity index (χ3v) is 32.3. The second-order valence-corrected chi connectivity index (χ2v) is 41.0. The molecule has 0 aliphatic rings. The molecule has 0 saturated carbocycles. The van der Waals surface area contributed by atoms with Crippen molar-refractivity contribution in [3.63, 3.8) is 0 Å². The highest BCUT2D eigenvalue weighted by Gasteiger charge is 2.27. The van der Waals surface area contributed by atoms with Crippen LogP contribution in [0.15, 0.2) is 528 Å². The van der Waals surface area contributed by atoms with E-state index in [9.17, 15) is 0 Å². The van der Waals surface area contributed by atoms with Crippen LogP contribution in [0.2, 0.25) is 0 Å². The van der Waals surface area contributed by atoms with Crippen LogP contribution in [0, 0.1) is 0 Å². The number of thiophene rings is 3. The number of nitrogens with zero attached hydrogens (tertiary/aromatic N) is 9. The summed E-state index contributed by atoms with van der Waals surface area (Å²) in [6, 6.07) is 188. The minimum atomic E-state index is 0.727. The number of fused-ring (bicyclic) bond motifs is 18. The quantitative estimate of drug-likeness (QED) is 0.102. The maximum atomic E-state index is 5.27. The Morgan fingerprint density at radius 3 is 0.813 bits per heavy atom.